The summed E-state index contributed by atoms with van der Waals surface area (Å²) in [6.45, 7) is 1.92. The molecular formula is C27H34F3N3O5S. The second-order valence-electron chi connectivity index (χ2n) is 10.3. The van der Waals surface area contributed by atoms with Gasteiger partial charge in [0.2, 0.25) is 0 Å². The minimum absolute atomic E-state index is 0.0361. The Morgan fingerprint density at radius 3 is 2.38 bits per heavy atom. The Kier molecular flexibility index (Phi) is 8.99. The van der Waals surface area contributed by atoms with Crippen LogP contribution in [0.5, 0.6) is 0 Å². The van der Waals surface area contributed by atoms with Gasteiger partial charge in [-0.05, 0) is 60.9 Å². The van der Waals surface area contributed by atoms with E-state index in [1.54, 1.807) is 25.1 Å². The molecule has 0 radical (unpaired) electrons. The van der Waals surface area contributed by atoms with Crippen LogP contribution in [0.15, 0.2) is 41.4 Å². The molecule has 1 saturated carbocycles. The molecule has 3 N–H and O–H groups in total. The molecule has 0 bridgehead atoms. The van der Waals surface area contributed by atoms with Crippen molar-refractivity contribution in [3.05, 3.63) is 58.9 Å². The Morgan fingerprint density at radius 2 is 1.82 bits per heavy atom. The minimum Gasteiger partial charge on any atom is -0.394 e. The first-order valence-electron chi connectivity index (χ1n) is 13.1. The number of hydrogen-bond acceptors (Lipinski definition) is 7. The molecule has 1 aromatic heterocycles. The van der Waals surface area contributed by atoms with E-state index in [4.69, 9.17) is 0 Å². The first-order valence-corrected chi connectivity index (χ1v) is 14.8. The molecule has 2 aromatic rings. The number of nitrogens with zero attached hydrogens (tertiary/aromatic N) is 2. The van der Waals surface area contributed by atoms with Gasteiger partial charge in [0.1, 0.15) is 0 Å². The van der Waals surface area contributed by atoms with E-state index in [9.17, 15) is 36.6 Å². The number of pyridine rings is 1. The number of sulfone groups is 1. The average molecular weight is 570 g/mol. The average Bonchev–Trinajstić information content (AvgIpc) is 3.27. The van der Waals surface area contributed by atoms with E-state index in [1.807, 2.05) is 4.90 Å². The molecular weight excluding hydrogens is 535 g/mol. The third-order valence-electron chi connectivity index (χ3n) is 7.88. The molecule has 2 atom stereocenters. The highest BCUT2D eigenvalue weighted by molar-refractivity contribution is 7.91. The molecule has 4 rings (SSSR count). The van der Waals surface area contributed by atoms with Crippen LogP contribution in [0.1, 0.15) is 71.9 Å². The van der Waals surface area contributed by atoms with Crippen LogP contribution >= 0.6 is 0 Å². The van der Waals surface area contributed by atoms with Crippen molar-refractivity contribution in [2.24, 2.45) is 11.8 Å². The van der Waals surface area contributed by atoms with Gasteiger partial charge >= 0.3 is 6.18 Å². The fourth-order valence-electron chi connectivity index (χ4n) is 5.52. The van der Waals surface area contributed by atoms with Crippen molar-refractivity contribution in [3.63, 3.8) is 0 Å². The molecule has 1 amide bonds. The van der Waals surface area contributed by atoms with E-state index < -0.39 is 40.5 Å². The van der Waals surface area contributed by atoms with E-state index >= 15 is 0 Å². The molecule has 1 fully saturated rings. The molecule has 1 aromatic carbocycles. The van der Waals surface area contributed by atoms with E-state index in [0.717, 1.165) is 5.56 Å². The number of rotatable bonds is 9. The third-order valence-corrected chi connectivity index (χ3v) is 9.63. The first-order chi connectivity index (χ1) is 18.5. The number of alkyl halides is 3. The standard InChI is InChI=1S/C27H34F3N3O5S/c1-2-39(37,38)22-9-5-18(6-10-22)23(15-34)32-26(36)19-11-20-14-33(24(16-35)25(20)31-12-19)13-17-3-7-21(8-4-17)27(28,29)30/h5-6,9-12,17,21,23-24,34-35H,2-4,7-8,13-16H2,1H3,(H,32,36)/t17?,21?,23-,24-/m0/s1. The predicted octanol–water partition coefficient (Wildman–Crippen LogP) is 3.56. The Bertz CT molecular complexity index is 1260. The summed E-state index contributed by atoms with van der Waals surface area (Å²) in [5, 5.41) is 22.7. The number of carbonyl (C=O) groups is 1. The second-order valence-corrected chi connectivity index (χ2v) is 12.6. The van der Waals surface area contributed by atoms with E-state index in [1.165, 1.54) is 18.3 Å². The van der Waals surface area contributed by atoms with Crippen LogP contribution in [0.25, 0.3) is 0 Å². The van der Waals surface area contributed by atoms with Gasteiger partial charge < -0.3 is 15.5 Å². The van der Waals surface area contributed by atoms with Crippen LogP contribution in [0.2, 0.25) is 0 Å². The summed E-state index contributed by atoms with van der Waals surface area (Å²) < 4.78 is 63.2. The van der Waals surface area contributed by atoms with Crippen molar-refractivity contribution >= 4 is 15.7 Å². The lowest BCUT2D eigenvalue weighted by Crippen LogP contribution is -2.34. The van der Waals surface area contributed by atoms with Gasteiger partial charge in [0.25, 0.3) is 5.91 Å². The minimum atomic E-state index is -4.16. The lowest BCUT2D eigenvalue weighted by molar-refractivity contribution is -0.184. The normalized spacial score (nSPS) is 22.9. The van der Waals surface area contributed by atoms with Gasteiger partial charge in [0.15, 0.2) is 9.84 Å². The number of carbonyl (C=O) groups excluding carboxylic acids is 1. The molecule has 214 valence electrons. The monoisotopic (exact) mass is 569 g/mol. The Morgan fingerprint density at radius 1 is 1.15 bits per heavy atom. The molecule has 1 aliphatic heterocycles. The van der Waals surface area contributed by atoms with Crippen LogP contribution in [-0.4, -0.2) is 66.1 Å². The predicted molar refractivity (Wildman–Crippen MR) is 137 cm³/mol. The van der Waals surface area contributed by atoms with Crippen LogP contribution < -0.4 is 5.32 Å². The van der Waals surface area contributed by atoms with Crippen LogP contribution in [0.4, 0.5) is 13.2 Å². The van der Waals surface area contributed by atoms with Crippen molar-refractivity contribution in [2.45, 2.75) is 62.3 Å². The maximum Gasteiger partial charge on any atom is 0.391 e. The zero-order chi connectivity index (χ0) is 28.4. The third kappa shape index (κ3) is 6.62. The molecule has 0 saturated heterocycles. The molecule has 2 aliphatic rings. The number of hydrogen-bond donors (Lipinski definition) is 3. The largest absolute Gasteiger partial charge is 0.394 e. The van der Waals surface area contributed by atoms with Crippen LogP contribution in [0.3, 0.4) is 0 Å². The number of halogens is 3. The molecule has 39 heavy (non-hydrogen) atoms. The number of aliphatic hydroxyl groups excluding tert-OH is 2. The number of fused-ring (bicyclic) bond motifs is 1. The second kappa shape index (κ2) is 11.9. The lowest BCUT2D eigenvalue weighted by Gasteiger charge is -2.33. The van der Waals surface area contributed by atoms with Gasteiger partial charge in [-0.15, -0.1) is 0 Å². The van der Waals surface area contributed by atoms with E-state index in [2.05, 4.69) is 10.3 Å². The fraction of sp³-hybridized carbons (Fsp3) is 0.556. The summed E-state index contributed by atoms with van der Waals surface area (Å²) in [5.41, 5.74) is 2.22. The summed E-state index contributed by atoms with van der Waals surface area (Å²) in [6, 6.07) is 6.52. The van der Waals surface area contributed by atoms with Crippen molar-refractivity contribution < 1.29 is 36.6 Å². The van der Waals surface area contributed by atoms with E-state index in [0.29, 0.717) is 37.2 Å². The number of nitrogens with one attached hydrogen (secondary N) is 1. The summed E-state index contributed by atoms with van der Waals surface area (Å²) in [4.78, 5) is 19.6. The van der Waals surface area contributed by atoms with Gasteiger partial charge in [0.05, 0.1) is 53.1 Å². The maximum absolute atomic E-state index is 13.0. The zero-order valence-electron chi connectivity index (χ0n) is 21.7. The highest BCUT2D eigenvalue weighted by Crippen LogP contribution is 2.41. The maximum atomic E-state index is 13.0. The molecule has 2 heterocycles. The first kappa shape index (κ1) is 29.4. The van der Waals surface area contributed by atoms with Crippen LogP contribution in [-0.2, 0) is 16.4 Å². The SMILES string of the molecule is CCS(=O)(=O)c1ccc([C@H](CO)NC(=O)c2cnc3c(c2)CN(CC2CCC(C(F)(F)F)CC2)[C@H]3CO)cc1. The fourth-order valence-corrected chi connectivity index (χ4v) is 6.41. The summed E-state index contributed by atoms with van der Waals surface area (Å²) in [7, 11) is -3.37. The molecule has 0 unspecified atom stereocenters. The van der Waals surface area contributed by atoms with Crippen molar-refractivity contribution in [3.8, 4) is 0 Å². The Labute approximate surface area is 226 Å². The highest BCUT2D eigenvalue weighted by atomic mass is 32.2. The van der Waals surface area contributed by atoms with E-state index in [-0.39, 0.29) is 47.6 Å². The summed E-state index contributed by atoms with van der Waals surface area (Å²) in [6.07, 6.45) is -1.57. The smallest absolute Gasteiger partial charge is 0.391 e. The molecule has 8 nitrogen and oxygen atoms in total. The van der Waals surface area contributed by atoms with Crippen molar-refractivity contribution in [1.82, 2.24) is 15.2 Å². The van der Waals surface area contributed by atoms with Gasteiger partial charge in [0, 0.05) is 19.3 Å². The van der Waals surface area contributed by atoms with Crippen LogP contribution in [0, 0.1) is 11.8 Å². The lowest BCUT2D eigenvalue weighted by atomic mass is 9.81. The number of benzene rings is 1. The Hall–Kier alpha value is -2.54. The summed E-state index contributed by atoms with van der Waals surface area (Å²) in [5.74, 6) is -1.66. The van der Waals surface area contributed by atoms with Gasteiger partial charge in [-0.25, -0.2) is 8.42 Å². The van der Waals surface area contributed by atoms with Gasteiger partial charge in [-0.2, -0.15) is 13.2 Å². The topological polar surface area (TPSA) is 120 Å². The summed E-state index contributed by atoms with van der Waals surface area (Å²) >= 11 is 0. The van der Waals surface area contributed by atoms with Crippen molar-refractivity contribution in [2.75, 3.05) is 25.5 Å². The van der Waals surface area contributed by atoms with Gasteiger partial charge in [-0.1, -0.05) is 19.1 Å². The zero-order valence-corrected chi connectivity index (χ0v) is 22.5. The Balaban J connectivity index is 1.41. The quantitative estimate of drug-likeness (QED) is 0.423. The number of aliphatic hydroxyl groups is 2. The van der Waals surface area contributed by atoms with Crippen molar-refractivity contribution in [1.29, 1.82) is 0 Å². The van der Waals surface area contributed by atoms with Gasteiger partial charge in [-0.3, -0.25) is 14.7 Å². The number of amides is 1. The highest BCUT2D eigenvalue weighted by Gasteiger charge is 2.42. The molecule has 1 aliphatic carbocycles. The molecule has 12 heteroatoms. The molecule has 0 spiro atoms. The number of aromatic nitrogens is 1.